The summed E-state index contributed by atoms with van der Waals surface area (Å²) in [6, 6.07) is 5.34. The lowest BCUT2D eigenvalue weighted by Crippen LogP contribution is -2.27. The third-order valence-corrected chi connectivity index (χ3v) is 2.57. The minimum Gasteiger partial charge on any atom is -0.330 e. The Labute approximate surface area is 105 Å². The van der Waals surface area contributed by atoms with Crippen molar-refractivity contribution in [2.75, 3.05) is 11.9 Å². The van der Waals surface area contributed by atoms with E-state index in [-0.39, 0.29) is 11.8 Å². The lowest BCUT2D eigenvalue weighted by atomic mass is 10.1. The van der Waals surface area contributed by atoms with Crippen LogP contribution in [0.3, 0.4) is 0 Å². The number of carbonyl (C=O) groups excluding carboxylic acids is 1. The third kappa shape index (κ3) is 2.54. The second-order valence-electron chi connectivity index (χ2n) is 3.95. The maximum atomic E-state index is 11.8. The highest BCUT2D eigenvalue weighted by atomic mass is 16.1. The molecule has 1 atom stereocenters. The molecular weight excluding hydrogens is 230 g/mol. The van der Waals surface area contributed by atoms with Gasteiger partial charge in [-0.1, -0.05) is 6.92 Å². The highest BCUT2D eigenvalue weighted by Gasteiger charge is 2.14. The molecule has 6 heteroatoms. The highest BCUT2D eigenvalue weighted by Crippen LogP contribution is 2.16. The SMILES string of the molecule is CC(CN)C(=O)Nc1cccnc1-n1cccn1. The molecule has 2 aromatic rings. The Balaban J connectivity index is 2.26. The zero-order chi connectivity index (χ0) is 13.0. The molecule has 2 heterocycles. The maximum Gasteiger partial charge on any atom is 0.228 e. The molecule has 3 N–H and O–H groups in total. The van der Waals surface area contributed by atoms with Gasteiger partial charge >= 0.3 is 0 Å². The minimum atomic E-state index is -0.240. The summed E-state index contributed by atoms with van der Waals surface area (Å²) in [5, 5.41) is 6.90. The Morgan fingerprint density at radius 3 is 3.00 bits per heavy atom. The van der Waals surface area contributed by atoms with Gasteiger partial charge in [0.2, 0.25) is 5.91 Å². The van der Waals surface area contributed by atoms with Crippen LogP contribution in [0.25, 0.3) is 5.82 Å². The van der Waals surface area contributed by atoms with Crippen LogP contribution in [-0.2, 0) is 4.79 Å². The average molecular weight is 245 g/mol. The zero-order valence-electron chi connectivity index (χ0n) is 10.1. The molecule has 6 nitrogen and oxygen atoms in total. The summed E-state index contributed by atoms with van der Waals surface area (Å²) in [7, 11) is 0. The highest BCUT2D eigenvalue weighted by molar-refractivity contribution is 5.93. The van der Waals surface area contributed by atoms with Crippen molar-refractivity contribution in [2.45, 2.75) is 6.92 Å². The summed E-state index contributed by atoms with van der Waals surface area (Å²) in [6.07, 6.45) is 5.08. The van der Waals surface area contributed by atoms with E-state index >= 15 is 0 Å². The number of carbonyl (C=O) groups is 1. The predicted molar refractivity (Wildman–Crippen MR) is 68.2 cm³/mol. The lowest BCUT2D eigenvalue weighted by Gasteiger charge is -2.12. The molecule has 0 aliphatic carbocycles. The topological polar surface area (TPSA) is 85.8 Å². The summed E-state index contributed by atoms with van der Waals surface area (Å²) >= 11 is 0. The number of rotatable bonds is 4. The number of aromatic nitrogens is 3. The van der Waals surface area contributed by atoms with Gasteiger partial charge in [0.05, 0.1) is 5.69 Å². The van der Waals surface area contributed by atoms with Gasteiger partial charge in [-0.15, -0.1) is 0 Å². The molecule has 0 fully saturated rings. The van der Waals surface area contributed by atoms with Crippen LogP contribution >= 0.6 is 0 Å². The predicted octanol–water partition coefficient (Wildman–Crippen LogP) is 0.801. The van der Waals surface area contributed by atoms with Crippen LogP contribution in [0.2, 0.25) is 0 Å². The number of nitrogens with one attached hydrogen (secondary N) is 1. The second-order valence-corrected chi connectivity index (χ2v) is 3.95. The van der Waals surface area contributed by atoms with Crippen molar-refractivity contribution in [3.05, 3.63) is 36.8 Å². The van der Waals surface area contributed by atoms with Crippen LogP contribution in [0, 0.1) is 5.92 Å². The van der Waals surface area contributed by atoms with Gasteiger partial charge in [-0.25, -0.2) is 9.67 Å². The normalized spacial score (nSPS) is 12.1. The molecule has 18 heavy (non-hydrogen) atoms. The Bertz CT molecular complexity index is 523. The molecule has 0 spiro atoms. The first-order chi connectivity index (χ1) is 8.72. The van der Waals surface area contributed by atoms with Crippen molar-refractivity contribution >= 4 is 11.6 Å². The summed E-state index contributed by atoms with van der Waals surface area (Å²) in [5.41, 5.74) is 6.08. The zero-order valence-corrected chi connectivity index (χ0v) is 10.1. The van der Waals surface area contributed by atoms with E-state index in [2.05, 4.69) is 15.4 Å². The van der Waals surface area contributed by atoms with Crippen molar-refractivity contribution in [2.24, 2.45) is 11.7 Å². The number of anilines is 1. The van der Waals surface area contributed by atoms with Crippen LogP contribution in [0.15, 0.2) is 36.8 Å². The second kappa shape index (κ2) is 5.42. The van der Waals surface area contributed by atoms with Gasteiger partial charge in [-0.3, -0.25) is 4.79 Å². The molecule has 94 valence electrons. The molecule has 0 aliphatic heterocycles. The van der Waals surface area contributed by atoms with Gasteiger partial charge in [-0.2, -0.15) is 5.10 Å². The van der Waals surface area contributed by atoms with E-state index in [4.69, 9.17) is 5.73 Å². The van der Waals surface area contributed by atoms with Crippen LogP contribution in [0.5, 0.6) is 0 Å². The molecule has 0 aliphatic rings. The number of nitrogens with zero attached hydrogens (tertiary/aromatic N) is 3. The summed E-state index contributed by atoms with van der Waals surface area (Å²) in [6.45, 7) is 2.09. The number of pyridine rings is 1. The first kappa shape index (κ1) is 12.3. The van der Waals surface area contributed by atoms with Crippen LogP contribution < -0.4 is 11.1 Å². The van der Waals surface area contributed by atoms with Crippen LogP contribution in [0.1, 0.15) is 6.92 Å². The smallest absolute Gasteiger partial charge is 0.228 e. The summed E-state index contributed by atoms with van der Waals surface area (Å²) in [5.74, 6) is 0.217. The molecule has 1 amide bonds. The van der Waals surface area contributed by atoms with E-state index in [9.17, 15) is 4.79 Å². The van der Waals surface area contributed by atoms with Crippen molar-refractivity contribution in [3.63, 3.8) is 0 Å². The van der Waals surface area contributed by atoms with E-state index < -0.39 is 0 Å². The van der Waals surface area contributed by atoms with E-state index in [0.717, 1.165) is 0 Å². The van der Waals surface area contributed by atoms with Gasteiger partial charge in [0, 0.05) is 31.1 Å². The maximum absolute atomic E-state index is 11.8. The molecule has 0 saturated heterocycles. The van der Waals surface area contributed by atoms with Crippen molar-refractivity contribution < 1.29 is 4.79 Å². The molecule has 0 saturated carbocycles. The molecule has 0 bridgehead atoms. The van der Waals surface area contributed by atoms with Gasteiger partial charge in [0.25, 0.3) is 0 Å². The monoisotopic (exact) mass is 245 g/mol. The Morgan fingerprint density at radius 1 is 1.50 bits per heavy atom. The van der Waals surface area contributed by atoms with E-state index in [1.807, 2.05) is 0 Å². The molecule has 0 aromatic carbocycles. The first-order valence-corrected chi connectivity index (χ1v) is 5.68. The summed E-state index contributed by atoms with van der Waals surface area (Å²) < 4.78 is 1.60. The van der Waals surface area contributed by atoms with E-state index in [0.29, 0.717) is 18.1 Å². The fourth-order valence-corrected chi connectivity index (χ4v) is 1.43. The van der Waals surface area contributed by atoms with Gasteiger partial charge in [0.15, 0.2) is 5.82 Å². The molecular formula is C12H15N5O. The lowest BCUT2D eigenvalue weighted by molar-refractivity contribution is -0.119. The fourth-order valence-electron chi connectivity index (χ4n) is 1.43. The number of nitrogens with two attached hydrogens (primary N) is 1. The van der Waals surface area contributed by atoms with Crippen molar-refractivity contribution in [1.82, 2.24) is 14.8 Å². The Morgan fingerprint density at radius 2 is 2.33 bits per heavy atom. The molecule has 2 aromatic heterocycles. The Kier molecular flexibility index (Phi) is 3.69. The third-order valence-electron chi connectivity index (χ3n) is 2.57. The van der Waals surface area contributed by atoms with Crippen molar-refractivity contribution in [1.29, 1.82) is 0 Å². The van der Waals surface area contributed by atoms with Gasteiger partial charge in [0.1, 0.15) is 0 Å². The largest absolute Gasteiger partial charge is 0.330 e. The molecule has 0 radical (unpaired) electrons. The average Bonchev–Trinajstić information content (AvgIpc) is 2.92. The van der Waals surface area contributed by atoms with Gasteiger partial charge < -0.3 is 11.1 Å². The number of amides is 1. The number of hydrogen-bond donors (Lipinski definition) is 2. The van der Waals surface area contributed by atoms with Crippen molar-refractivity contribution in [3.8, 4) is 5.82 Å². The fraction of sp³-hybridized carbons (Fsp3) is 0.250. The van der Waals surface area contributed by atoms with Crippen LogP contribution in [-0.4, -0.2) is 27.2 Å². The number of hydrogen-bond acceptors (Lipinski definition) is 4. The first-order valence-electron chi connectivity index (χ1n) is 5.68. The van der Waals surface area contributed by atoms with Gasteiger partial charge in [-0.05, 0) is 18.2 Å². The van der Waals surface area contributed by atoms with Crippen LogP contribution in [0.4, 0.5) is 5.69 Å². The molecule has 1 unspecified atom stereocenters. The molecule has 2 rings (SSSR count). The minimum absolute atomic E-state index is 0.126. The van der Waals surface area contributed by atoms with E-state index in [1.165, 1.54) is 0 Å². The standard InChI is InChI=1S/C12H15N5O/c1-9(8-13)12(18)16-10-4-2-5-14-11(10)17-7-3-6-15-17/h2-7,9H,8,13H2,1H3,(H,16,18). The summed E-state index contributed by atoms with van der Waals surface area (Å²) in [4.78, 5) is 16.0. The van der Waals surface area contributed by atoms with E-state index in [1.54, 1.807) is 48.4 Å². The quantitative estimate of drug-likeness (QED) is 0.834. The Hall–Kier alpha value is -2.21.